The number of nitrogen functional groups attached to an aromatic ring is 1. The zero-order chi connectivity index (χ0) is 13.7. The highest BCUT2D eigenvalue weighted by Gasteiger charge is 2.13. The summed E-state index contributed by atoms with van der Waals surface area (Å²) in [4.78, 5) is 18.3. The number of carbonyl (C=O) groups is 1. The van der Waals surface area contributed by atoms with Crippen molar-refractivity contribution in [1.29, 1.82) is 0 Å². The Morgan fingerprint density at radius 2 is 2.26 bits per heavy atom. The van der Waals surface area contributed by atoms with E-state index in [4.69, 9.17) is 5.73 Å². The fourth-order valence-electron chi connectivity index (χ4n) is 1.88. The van der Waals surface area contributed by atoms with Gasteiger partial charge < -0.3 is 11.1 Å². The molecule has 0 aromatic carbocycles. The molecule has 1 aliphatic rings. The lowest BCUT2D eigenvalue weighted by molar-refractivity contribution is 0.0949. The van der Waals surface area contributed by atoms with E-state index in [1.54, 1.807) is 12.3 Å². The molecular formula is C12H17BrN4OS. The number of nitrogens with zero attached hydrogens (tertiary/aromatic N) is 2. The number of pyridine rings is 1. The summed E-state index contributed by atoms with van der Waals surface area (Å²) in [6, 6.07) is 1.69. The van der Waals surface area contributed by atoms with Gasteiger partial charge in [-0.1, -0.05) is 0 Å². The smallest absolute Gasteiger partial charge is 0.255 e. The SMILES string of the molecule is Nc1ncc(Br)cc1C(=O)NCCN1CCSCC1. The van der Waals surface area contributed by atoms with Crippen molar-refractivity contribution in [2.45, 2.75) is 0 Å². The van der Waals surface area contributed by atoms with Crippen LogP contribution in [-0.4, -0.2) is 53.5 Å². The number of rotatable bonds is 4. The van der Waals surface area contributed by atoms with E-state index in [1.807, 2.05) is 11.8 Å². The van der Waals surface area contributed by atoms with E-state index in [0.717, 1.165) is 24.1 Å². The van der Waals surface area contributed by atoms with Crippen LogP contribution in [0.3, 0.4) is 0 Å². The van der Waals surface area contributed by atoms with Crippen LogP contribution in [0.5, 0.6) is 0 Å². The second kappa shape index (κ2) is 7.12. The maximum Gasteiger partial charge on any atom is 0.255 e. The first-order chi connectivity index (χ1) is 9.16. The van der Waals surface area contributed by atoms with Gasteiger partial charge in [0.15, 0.2) is 0 Å². The fraction of sp³-hybridized carbons (Fsp3) is 0.500. The zero-order valence-corrected chi connectivity index (χ0v) is 13.0. The molecule has 0 spiro atoms. The summed E-state index contributed by atoms with van der Waals surface area (Å²) < 4.78 is 0.750. The molecule has 0 atom stereocenters. The van der Waals surface area contributed by atoms with Gasteiger partial charge in [-0.2, -0.15) is 11.8 Å². The molecule has 0 radical (unpaired) electrons. The number of nitrogens with one attached hydrogen (secondary N) is 1. The fourth-order valence-corrected chi connectivity index (χ4v) is 3.19. The van der Waals surface area contributed by atoms with E-state index in [1.165, 1.54) is 11.5 Å². The molecule has 1 amide bonds. The molecule has 1 fully saturated rings. The van der Waals surface area contributed by atoms with Crippen LogP contribution < -0.4 is 11.1 Å². The number of carbonyl (C=O) groups excluding carboxylic acids is 1. The molecule has 5 nitrogen and oxygen atoms in total. The van der Waals surface area contributed by atoms with Crippen LogP contribution in [0.25, 0.3) is 0 Å². The first-order valence-electron chi connectivity index (χ1n) is 6.16. The third-order valence-corrected chi connectivity index (χ3v) is 4.32. The molecule has 0 unspecified atom stereocenters. The normalized spacial score (nSPS) is 16.3. The van der Waals surface area contributed by atoms with E-state index in [2.05, 4.69) is 31.1 Å². The van der Waals surface area contributed by atoms with Crippen LogP contribution in [0, 0.1) is 0 Å². The average molecular weight is 345 g/mol. The summed E-state index contributed by atoms with van der Waals surface area (Å²) in [5.74, 6) is 2.44. The third kappa shape index (κ3) is 4.36. The number of thioether (sulfide) groups is 1. The number of hydrogen-bond donors (Lipinski definition) is 2. The molecule has 3 N–H and O–H groups in total. The first kappa shape index (κ1) is 14.6. The van der Waals surface area contributed by atoms with E-state index in [-0.39, 0.29) is 11.7 Å². The molecule has 104 valence electrons. The van der Waals surface area contributed by atoms with Crippen LogP contribution in [0.4, 0.5) is 5.82 Å². The Morgan fingerprint density at radius 3 is 3.00 bits per heavy atom. The minimum absolute atomic E-state index is 0.169. The standard InChI is InChI=1S/C12H17BrN4OS/c13-9-7-10(11(14)16-8-9)12(18)15-1-2-17-3-5-19-6-4-17/h7-8H,1-6H2,(H2,14,16)(H,15,18). The Hall–Kier alpha value is -0.790. The van der Waals surface area contributed by atoms with Gasteiger partial charge in [0.05, 0.1) is 5.56 Å². The van der Waals surface area contributed by atoms with Crippen LogP contribution >= 0.6 is 27.7 Å². The number of hydrogen-bond acceptors (Lipinski definition) is 5. The Bertz CT molecular complexity index is 451. The van der Waals surface area contributed by atoms with E-state index >= 15 is 0 Å². The average Bonchev–Trinajstić information content (AvgIpc) is 2.42. The Morgan fingerprint density at radius 1 is 1.53 bits per heavy atom. The number of amides is 1. The highest BCUT2D eigenvalue weighted by molar-refractivity contribution is 9.10. The Labute approximate surface area is 125 Å². The molecular weight excluding hydrogens is 328 g/mol. The minimum atomic E-state index is -0.169. The van der Waals surface area contributed by atoms with E-state index < -0.39 is 0 Å². The van der Waals surface area contributed by atoms with Gasteiger partial charge in [0.1, 0.15) is 5.82 Å². The minimum Gasteiger partial charge on any atom is -0.383 e. The van der Waals surface area contributed by atoms with Crippen LogP contribution in [0.1, 0.15) is 10.4 Å². The summed E-state index contributed by atoms with van der Waals surface area (Å²) in [6.07, 6.45) is 1.58. The lowest BCUT2D eigenvalue weighted by atomic mass is 10.2. The summed E-state index contributed by atoms with van der Waals surface area (Å²) in [5.41, 5.74) is 6.12. The zero-order valence-electron chi connectivity index (χ0n) is 10.6. The predicted octanol–water partition coefficient (Wildman–Crippen LogP) is 1.20. The summed E-state index contributed by atoms with van der Waals surface area (Å²) in [6.45, 7) is 3.71. The molecule has 0 bridgehead atoms. The summed E-state index contributed by atoms with van der Waals surface area (Å²) >= 11 is 5.27. The third-order valence-electron chi connectivity index (χ3n) is 2.95. The lowest BCUT2D eigenvalue weighted by Gasteiger charge is -2.26. The van der Waals surface area contributed by atoms with E-state index in [0.29, 0.717) is 12.1 Å². The van der Waals surface area contributed by atoms with Gasteiger partial charge in [-0.3, -0.25) is 9.69 Å². The van der Waals surface area contributed by atoms with Crippen molar-refractivity contribution in [2.75, 3.05) is 43.4 Å². The summed E-state index contributed by atoms with van der Waals surface area (Å²) in [7, 11) is 0. The van der Waals surface area contributed by atoms with Gasteiger partial charge >= 0.3 is 0 Å². The monoisotopic (exact) mass is 344 g/mol. The van der Waals surface area contributed by atoms with Crippen molar-refractivity contribution < 1.29 is 4.79 Å². The van der Waals surface area contributed by atoms with Crippen molar-refractivity contribution >= 4 is 39.4 Å². The van der Waals surface area contributed by atoms with Gasteiger partial charge in [-0.05, 0) is 22.0 Å². The second-order valence-electron chi connectivity index (χ2n) is 4.30. The van der Waals surface area contributed by atoms with Crippen LogP contribution in [0.15, 0.2) is 16.7 Å². The highest BCUT2D eigenvalue weighted by atomic mass is 79.9. The molecule has 19 heavy (non-hydrogen) atoms. The molecule has 0 aliphatic carbocycles. The van der Waals surface area contributed by atoms with Gasteiger partial charge in [0.2, 0.25) is 0 Å². The van der Waals surface area contributed by atoms with E-state index in [9.17, 15) is 4.79 Å². The Kier molecular flexibility index (Phi) is 5.47. The van der Waals surface area contributed by atoms with Crippen LogP contribution in [-0.2, 0) is 0 Å². The quantitative estimate of drug-likeness (QED) is 0.858. The maximum atomic E-state index is 12.0. The van der Waals surface area contributed by atoms with Crippen molar-refractivity contribution in [3.05, 3.63) is 22.3 Å². The molecule has 1 aromatic heterocycles. The van der Waals surface area contributed by atoms with Gasteiger partial charge in [-0.15, -0.1) is 0 Å². The van der Waals surface area contributed by atoms with Crippen molar-refractivity contribution in [2.24, 2.45) is 0 Å². The molecule has 2 rings (SSSR count). The second-order valence-corrected chi connectivity index (χ2v) is 6.44. The predicted molar refractivity (Wildman–Crippen MR) is 82.4 cm³/mol. The molecule has 0 saturated carbocycles. The first-order valence-corrected chi connectivity index (χ1v) is 8.11. The molecule has 1 aromatic rings. The molecule has 7 heteroatoms. The topological polar surface area (TPSA) is 71.2 Å². The number of halogens is 1. The number of aromatic nitrogens is 1. The van der Waals surface area contributed by atoms with Crippen molar-refractivity contribution in [3.63, 3.8) is 0 Å². The highest BCUT2D eigenvalue weighted by Crippen LogP contribution is 2.15. The number of anilines is 1. The van der Waals surface area contributed by atoms with Gasteiger partial charge in [0, 0.05) is 48.4 Å². The van der Waals surface area contributed by atoms with Gasteiger partial charge in [-0.25, -0.2) is 4.98 Å². The number of nitrogens with two attached hydrogens (primary N) is 1. The van der Waals surface area contributed by atoms with Gasteiger partial charge in [0.25, 0.3) is 5.91 Å². The summed E-state index contributed by atoms with van der Waals surface area (Å²) in [5, 5.41) is 2.89. The largest absolute Gasteiger partial charge is 0.383 e. The van der Waals surface area contributed by atoms with Crippen LogP contribution in [0.2, 0.25) is 0 Å². The molecule has 2 heterocycles. The van der Waals surface area contributed by atoms with Crippen molar-refractivity contribution in [1.82, 2.24) is 15.2 Å². The molecule has 1 aliphatic heterocycles. The lowest BCUT2D eigenvalue weighted by Crippen LogP contribution is -2.39. The Balaban J connectivity index is 1.82. The van der Waals surface area contributed by atoms with Crippen molar-refractivity contribution in [3.8, 4) is 0 Å². The maximum absolute atomic E-state index is 12.0. The molecule has 1 saturated heterocycles.